The molecule has 22 heavy (non-hydrogen) atoms. The summed E-state index contributed by atoms with van der Waals surface area (Å²) in [5.41, 5.74) is 1.99. The monoisotopic (exact) mass is 307 g/mol. The van der Waals surface area contributed by atoms with Crippen LogP contribution in [0.1, 0.15) is 32.3 Å². The Morgan fingerprint density at radius 2 is 2.18 bits per heavy atom. The number of hydrogen-bond donors (Lipinski definition) is 1. The lowest BCUT2D eigenvalue weighted by Crippen LogP contribution is -2.52. The summed E-state index contributed by atoms with van der Waals surface area (Å²) < 4.78 is 13.2. The van der Waals surface area contributed by atoms with Gasteiger partial charge in [-0.25, -0.2) is 9.18 Å². The van der Waals surface area contributed by atoms with Gasteiger partial charge in [0, 0.05) is 37.9 Å². The fourth-order valence-corrected chi connectivity index (χ4v) is 2.80. The van der Waals surface area contributed by atoms with Crippen molar-refractivity contribution in [3.63, 3.8) is 0 Å². The molecule has 0 saturated carbocycles. The maximum Gasteiger partial charge on any atom is 0.317 e. The summed E-state index contributed by atoms with van der Waals surface area (Å²) in [5.74, 6) is -0.207. The summed E-state index contributed by atoms with van der Waals surface area (Å²) >= 11 is 0. The minimum absolute atomic E-state index is 0.0299. The van der Waals surface area contributed by atoms with Crippen LogP contribution in [0.15, 0.2) is 18.2 Å². The molecule has 1 aromatic carbocycles. The summed E-state index contributed by atoms with van der Waals surface area (Å²) in [6.07, 6.45) is 2.00. The number of nitrogens with zero attached hydrogens (tertiary/aromatic N) is 2. The highest BCUT2D eigenvalue weighted by atomic mass is 19.1. The van der Waals surface area contributed by atoms with Crippen LogP contribution in [-0.2, 0) is 0 Å². The van der Waals surface area contributed by atoms with E-state index in [4.69, 9.17) is 0 Å². The van der Waals surface area contributed by atoms with Gasteiger partial charge in [0.2, 0.25) is 0 Å². The number of carbonyl (C=O) groups excluding carboxylic acids is 1. The molecular formula is C17H26FN3O. The van der Waals surface area contributed by atoms with E-state index in [1.54, 1.807) is 11.0 Å². The number of carbonyl (C=O) groups is 1. The van der Waals surface area contributed by atoms with Crippen LogP contribution in [0.2, 0.25) is 0 Å². The van der Waals surface area contributed by atoms with Crippen LogP contribution in [0.5, 0.6) is 0 Å². The summed E-state index contributed by atoms with van der Waals surface area (Å²) in [7, 11) is 1.81. The Kier molecular flexibility index (Phi) is 5.27. The zero-order chi connectivity index (χ0) is 16.3. The van der Waals surface area contributed by atoms with Crippen molar-refractivity contribution in [1.29, 1.82) is 0 Å². The number of aryl methyl sites for hydroxylation is 1. The number of benzene rings is 1. The topological polar surface area (TPSA) is 35.6 Å². The Morgan fingerprint density at radius 3 is 2.82 bits per heavy atom. The van der Waals surface area contributed by atoms with Gasteiger partial charge in [0.05, 0.1) is 0 Å². The van der Waals surface area contributed by atoms with Crippen molar-refractivity contribution in [3.05, 3.63) is 29.6 Å². The standard InChI is InChI=1S/C17H26FN3O/c1-12(2)20(4)17(22)19-15-6-5-9-21(11-15)16-8-7-14(18)10-13(16)3/h7-8,10,12,15H,5-6,9,11H2,1-4H3,(H,19,22). The molecule has 1 heterocycles. The summed E-state index contributed by atoms with van der Waals surface area (Å²) in [5, 5.41) is 3.10. The summed E-state index contributed by atoms with van der Waals surface area (Å²) in [4.78, 5) is 16.1. The molecule has 1 aliphatic rings. The van der Waals surface area contributed by atoms with Gasteiger partial charge in [-0.05, 0) is 57.4 Å². The van der Waals surface area contributed by atoms with Gasteiger partial charge in [0.25, 0.3) is 0 Å². The third-order valence-electron chi connectivity index (χ3n) is 4.34. The Balaban J connectivity index is 2.01. The van der Waals surface area contributed by atoms with Gasteiger partial charge in [-0.2, -0.15) is 0 Å². The van der Waals surface area contributed by atoms with Gasteiger partial charge < -0.3 is 15.1 Å². The van der Waals surface area contributed by atoms with Crippen LogP contribution in [-0.4, -0.2) is 43.2 Å². The first kappa shape index (κ1) is 16.6. The van der Waals surface area contributed by atoms with E-state index in [1.165, 1.54) is 6.07 Å². The van der Waals surface area contributed by atoms with Crippen molar-refractivity contribution in [3.8, 4) is 0 Å². The summed E-state index contributed by atoms with van der Waals surface area (Å²) in [6.45, 7) is 7.62. The molecule has 1 N–H and O–H groups in total. The van der Waals surface area contributed by atoms with E-state index in [0.717, 1.165) is 37.2 Å². The third-order valence-corrected chi connectivity index (χ3v) is 4.34. The average Bonchev–Trinajstić information content (AvgIpc) is 2.46. The highest BCUT2D eigenvalue weighted by molar-refractivity contribution is 5.74. The highest BCUT2D eigenvalue weighted by Crippen LogP contribution is 2.24. The molecule has 122 valence electrons. The fourth-order valence-electron chi connectivity index (χ4n) is 2.80. The zero-order valence-corrected chi connectivity index (χ0v) is 13.9. The molecular weight excluding hydrogens is 281 g/mol. The van der Waals surface area contributed by atoms with Gasteiger partial charge in [0.15, 0.2) is 0 Å². The zero-order valence-electron chi connectivity index (χ0n) is 13.9. The number of urea groups is 1. The van der Waals surface area contributed by atoms with Crippen molar-refractivity contribution in [2.45, 2.75) is 45.7 Å². The molecule has 0 aromatic heterocycles. The van der Waals surface area contributed by atoms with E-state index in [1.807, 2.05) is 33.9 Å². The largest absolute Gasteiger partial charge is 0.369 e. The van der Waals surface area contributed by atoms with E-state index in [2.05, 4.69) is 10.2 Å². The second kappa shape index (κ2) is 6.99. The van der Waals surface area contributed by atoms with Crippen molar-refractivity contribution >= 4 is 11.7 Å². The lowest BCUT2D eigenvalue weighted by molar-refractivity contribution is 0.192. The van der Waals surface area contributed by atoms with Crippen LogP contribution < -0.4 is 10.2 Å². The quantitative estimate of drug-likeness (QED) is 0.931. The van der Waals surface area contributed by atoms with Crippen molar-refractivity contribution in [2.24, 2.45) is 0 Å². The maximum atomic E-state index is 13.2. The molecule has 2 rings (SSSR count). The van der Waals surface area contributed by atoms with Crippen molar-refractivity contribution in [1.82, 2.24) is 10.2 Å². The lowest BCUT2D eigenvalue weighted by atomic mass is 10.0. The molecule has 2 amide bonds. The average molecular weight is 307 g/mol. The summed E-state index contributed by atoms with van der Waals surface area (Å²) in [6, 6.07) is 5.17. The molecule has 1 atom stereocenters. The van der Waals surface area contributed by atoms with Gasteiger partial charge in [0.1, 0.15) is 5.82 Å². The number of piperidine rings is 1. The molecule has 1 fully saturated rings. The molecule has 0 spiro atoms. The first-order valence-electron chi connectivity index (χ1n) is 7.93. The second-order valence-electron chi connectivity index (χ2n) is 6.37. The minimum atomic E-state index is -0.207. The number of hydrogen-bond acceptors (Lipinski definition) is 2. The minimum Gasteiger partial charge on any atom is -0.369 e. The van der Waals surface area contributed by atoms with Crippen LogP contribution in [0.25, 0.3) is 0 Å². The molecule has 4 nitrogen and oxygen atoms in total. The van der Waals surface area contributed by atoms with E-state index in [0.29, 0.717) is 0 Å². The molecule has 0 aliphatic carbocycles. The Bertz CT molecular complexity index is 533. The van der Waals surface area contributed by atoms with E-state index in [9.17, 15) is 9.18 Å². The van der Waals surface area contributed by atoms with Crippen LogP contribution in [0.3, 0.4) is 0 Å². The van der Waals surface area contributed by atoms with Crippen LogP contribution in [0.4, 0.5) is 14.9 Å². The molecule has 1 aliphatic heterocycles. The smallest absolute Gasteiger partial charge is 0.317 e. The normalized spacial score (nSPS) is 18.5. The first-order chi connectivity index (χ1) is 10.4. The van der Waals surface area contributed by atoms with Crippen LogP contribution in [0, 0.1) is 12.7 Å². The number of rotatable bonds is 3. The Morgan fingerprint density at radius 1 is 1.45 bits per heavy atom. The van der Waals surface area contributed by atoms with E-state index in [-0.39, 0.29) is 23.9 Å². The predicted octanol–water partition coefficient (Wildman–Crippen LogP) is 3.15. The molecule has 0 radical (unpaired) electrons. The van der Waals surface area contributed by atoms with Crippen molar-refractivity contribution in [2.75, 3.05) is 25.0 Å². The molecule has 0 bridgehead atoms. The van der Waals surface area contributed by atoms with Crippen LogP contribution >= 0.6 is 0 Å². The predicted molar refractivity (Wildman–Crippen MR) is 87.8 cm³/mol. The maximum absolute atomic E-state index is 13.2. The Hall–Kier alpha value is -1.78. The highest BCUT2D eigenvalue weighted by Gasteiger charge is 2.24. The molecule has 5 heteroatoms. The van der Waals surface area contributed by atoms with Crippen molar-refractivity contribution < 1.29 is 9.18 Å². The van der Waals surface area contributed by atoms with E-state index < -0.39 is 0 Å². The number of nitrogens with one attached hydrogen (secondary N) is 1. The fraction of sp³-hybridized carbons (Fsp3) is 0.588. The second-order valence-corrected chi connectivity index (χ2v) is 6.37. The SMILES string of the molecule is Cc1cc(F)ccc1N1CCCC(NC(=O)N(C)C(C)C)C1. The van der Waals surface area contributed by atoms with Gasteiger partial charge in [-0.1, -0.05) is 0 Å². The molecule has 1 unspecified atom stereocenters. The number of anilines is 1. The third kappa shape index (κ3) is 3.90. The number of amides is 2. The van der Waals surface area contributed by atoms with Gasteiger partial charge in [-0.3, -0.25) is 0 Å². The lowest BCUT2D eigenvalue weighted by Gasteiger charge is -2.36. The van der Waals surface area contributed by atoms with E-state index >= 15 is 0 Å². The first-order valence-corrected chi connectivity index (χ1v) is 7.93. The van der Waals surface area contributed by atoms with Gasteiger partial charge in [-0.15, -0.1) is 0 Å². The van der Waals surface area contributed by atoms with Gasteiger partial charge >= 0.3 is 6.03 Å². The number of halogens is 1. The molecule has 1 aromatic rings. The Labute approximate surface area is 132 Å². The molecule has 1 saturated heterocycles.